The Hall–Kier alpha value is -2.80. The first-order valence-electron chi connectivity index (χ1n) is 10.1. The number of aliphatic hydroxyl groups is 1. The Labute approximate surface area is 180 Å². The number of β-amino-alcohol motifs (C(OH)–C–C–N with tert-alkyl or cyclic N) is 1. The normalized spacial score (nSPS) is 16.7. The molecule has 0 aliphatic carbocycles. The Bertz CT molecular complexity index is 998. The maximum Gasteiger partial charge on any atom is 0.418 e. The molecule has 0 saturated heterocycles. The van der Waals surface area contributed by atoms with Gasteiger partial charge >= 0.3 is 6.18 Å². The predicted octanol–water partition coefficient (Wildman–Crippen LogP) is 5.38. The molecule has 0 bridgehead atoms. The minimum Gasteiger partial charge on any atom is -0.411 e. The minimum atomic E-state index is -4.82. The van der Waals surface area contributed by atoms with Gasteiger partial charge in [-0.25, -0.2) is 0 Å². The van der Waals surface area contributed by atoms with Gasteiger partial charge in [-0.15, -0.1) is 0 Å². The SMILES string of the molecule is CC(=NO)c1cccc(C(C)(C)CC(O)(CN2CC=Cc3ccccc32)C(F)(F)F)c1. The summed E-state index contributed by atoms with van der Waals surface area (Å²) >= 11 is 0. The third-order valence-electron chi connectivity index (χ3n) is 5.83. The second kappa shape index (κ2) is 8.38. The van der Waals surface area contributed by atoms with Crippen LogP contribution in [-0.4, -0.2) is 40.9 Å². The van der Waals surface area contributed by atoms with E-state index < -0.39 is 30.2 Å². The molecule has 0 spiro atoms. The fraction of sp³-hybridized carbons (Fsp3) is 0.375. The number of hydrogen-bond acceptors (Lipinski definition) is 4. The molecule has 0 aromatic heterocycles. The first kappa shape index (κ1) is 22.9. The number of nitrogens with zero attached hydrogens (tertiary/aromatic N) is 2. The van der Waals surface area contributed by atoms with Gasteiger partial charge in [-0.2, -0.15) is 13.2 Å². The summed E-state index contributed by atoms with van der Waals surface area (Å²) in [6.45, 7) is 4.69. The van der Waals surface area contributed by atoms with Crippen LogP contribution in [0.25, 0.3) is 6.08 Å². The summed E-state index contributed by atoms with van der Waals surface area (Å²) < 4.78 is 42.6. The maximum atomic E-state index is 14.2. The molecular weight excluding hydrogens is 405 g/mol. The van der Waals surface area contributed by atoms with Crippen LogP contribution in [0.2, 0.25) is 0 Å². The monoisotopic (exact) mass is 432 g/mol. The zero-order valence-corrected chi connectivity index (χ0v) is 17.8. The molecule has 0 fully saturated rings. The molecule has 31 heavy (non-hydrogen) atoms. The summed E-state index contributed by atoms with van der Waals surface area (Å²) in [6.07, 6.45) is -1.67. The molecule has 2 aromatic carbocycles. The lowest BCUT2D eigenvalue weighted by molar-refractivity contribution is -0.262. The van der Waals surface area contributed by atoms with Crippen LogP contribution < -0.4 is 4.90 Å². The van der Waals surface area contributed by atoms with Gasteiger partial charge in [-0.05, 0) is 47.6 Å². The lowest BCUT2D eigenvalue weighted by Gasteiger charge is -2.42. The van der Waals surface area contributed by atoms with Crippen molar-refractivity contribution in [2.75, 3.05) is 18.0 Å². The quantitative estimate of drug-likeness (QED) is 0.366. The summed E-state index contributed by atoms with van der Waals surface area (Å²) in [7, 11) is 0. The van der Waals surface area contributed by atoms with Crippen molar-refractivity contribution in [3.63, 3.8) is 0 Å². The molecule has 1 atom stereocenters. The summed E-state index contributed by atoms with van der Waals surface area (Å²) in [5.74, 6) is 0. The smallest absolute Gasteiger partial charge is 0.411 e. The van der Waals surface area contributed by atoms with Crippen molar-refractivity contribution >= 4 is 17.5 Å². The number of alkyl halides is 3. The fourth-order valence-electron chi connectivity index (χ4n) is 4.09. The van der Waals surface area contributed by atoms with E-state index >= 15 is 0 Å². The molecule has 0 amide bonds. The molecule has 1 aliphatic rings. The number of hydrogen-bond donors (Lipinski definition) is 2. The van der Waals surface area contributed by atoms with Gasteiger partial charge in [0, 0.05) is 12.2 Å². The minimum absolute atomic E-state index is 0.289. The number of fused-ring (bicyclic) bond motifs is 1. The summed E-state index contributed by atoms with van der Waals surface area (Å²) in [5.41, 5.74) is -0.841. The molecule has 4 nitrogen and oxygen atoms in total. The molecule has 1 aliphatic heterocycles. The molecule has 0 radical (unpaired) electrons. The van der Waals surface area contributed by atoms with Crippen LogP contribution in [0.1, 0.15) is 43.9 Å². The van der Waals surface area contributed by atoms with Gasteiger partial charge in [0.25, 0.3) is 0 Å². The van der Waals surface area contributed by atoms with E-state index in [9.17, 15) is 18.3 Å². The average Bonchev–Trinajstić information content (AvgIpc) is 2.72. The maximum absolute atomic E-state index is 14.2. The number of para-hydroxylation sites is 1. The molecule has 2 N–H and O–H groups in total. The fourth-order valence-corrected chi connectivity index (χ4v) is 4.09. The van der Waals surface area contributed by atoms with Crippen LogP contribution in [0, 0.1) is 0 Å². The number of oxime groups is 1. The first-order valence-corrected chi connectivity index (χ1v) is 10.1. The second-order valence-corrected chi connectivity index (χ2v) is 8.70. The highest BCUT2D eigenvalue weighted by molar-refractivity contribution is 5.98. The van der Waals surface area contributed by atoms with E-state index in [1.54, 1.807) is 68.1 Å². The van der Waals surface area contributed by atoms with Crippen molar-refractivity contribution in [2.24, 2.45) is 5.16 Å². The van der Waals surface area contributed by atoms with Gasteiger partial charge in [-0.3, -0.25) is 0 Å². The van der Waals surface area contributed by atoms with Crippen LogP contribution >= 0.6 is 0 Å². The standard InChI is InChI=1S/C24H27F3N2O2/c1-17(28-31)19-9-6-11-20(14-19)22(2,3)15-23(30,24(25,26)27)16-29-13-7-10-18-8-4-5-12-21(18)29/h4-12,14,30-31H,13,15-16H2,1-3H3. The van der Waals surface area contributed by atoms with Crippen LogP contribution in [0.3, 0.4) is 0 Å². The van der Waals surface area contributed by atoms with E-state index in [-0.39, 0.29) is 6.54 Å². The van der Waals surface area contributed by atoms with Gasteiger partial charge < -0.3 is 15.2 Å². The highest BCUT2D eigenvalue weighted by Gasteiger charge is 2.56. The summed E-state index contributed by atoms with van der Waals surface area (Å²) in [4.78, 5) is 1.57. The average molecular weight is 432 g/mol. The van der Waals surface area contributed by atoms with Gasteiger partial charge in [0.1, 0.15) is 0 Å². The molecule has 3 rings (SSSR count). The molecule has 0 saturated carbocycles. The van der Waals surface area contributed by atoms with E-state index in [4.69, 9.17) is 5.21 Å². The van der Waals surface area contributed by atoms with Gasteiger partial charge in [0.15, 0.2) is 5.60 Å². The van der Waals surface area contributed by atoms with Gasteiger partial charge in [0.05, 0.1) is 12.3 Å². The van der Waals surface area contributed by atoms with Crippen LogP contribution in [-0.2, 0) is 5.41 Å². The summed E-state index contributed by atoms with van der Waals surface area (Å²) in [5, 5.41) is 23.2. The van der Waals surface area contributed by atoms with Crippen molar-refractivity contribution in [1.82, 2.24) is 0 Å². The number of rotatable bonds is 6. The van der Waals surface area contributed by atoms with Crippen LogP contribution in [0.15, 0.2) is 59.8 Å². The molecule has 166 valence electrons. The molecule has 1 unspecified atom stereocenters. The highest BCUT2D eigenvalue weighted by Crippen LogP contribution is 2.43. The number of benzene rings is 2. The third-order valence-corrected chi connectivity index (χ3v) is 5.83. The second-order valence-electron chi connectivity index (χ2n) is 8.70. The predicted molar refractivity (Wildman–Crippen MR) is 117 cm³/mol. The van der Waals surface area contributed by atoms with E-state index in [0.29, 0.717) is 22.5 Å². The highest BCUT2D eigenvalue weighted by atomic mass is 19.4. The molecular formula is C24H27F3N2O2. The Balaban J connectivity index is 1.94. The van der Waals surface area contributed by atoms with Gasteiger partial charge in [-0.1, -0.05) is 67.6 Å². The van der Waals surface area contributed by atoms with Crippen molar-refractivity contribution in [1.29, 1.82) is 0 Å². The molecule has 7 heteroatoms. The number of anilines is 1. The van der Waals surface area contributed by atoms with Gasteiger partial charge in [0.2, 0.25) is 0 Å². The van der Waals surface area contributed by atoms with E-state index in [0.717, 1.165) is 5.56 Å². The Kier molecular flexibility index (Phi) is 6.18. The lowest BCUT2D eigenvalue weighted by Crippen LogP contribution is -2.56. The van der Waals surface area contributed by atoms with Crippen LogP contribution in [0.5, 0.6) is 0 Å². The van der Waals surface area contributed by atoms with Crippen molar-refractivity contribution < 1.29 is 23.5 Å². The Morgan fingerprint density at radius 1 is 1.10 bits per heavy atom. The zero-order valence-electron chi connectivity index (χ0n) is 17.8. The first-order chi connectivity index (χ1) is 14.5. The summed E-state index contributed by atoms with van der Waals surface area (Å²) in [6, 6.07) is 14.1. The lowest BCUT2D eigenvalue weighted by atomic mass is 9.74. The van der Waals surface area contributed by atoms with E-state index in [1.165, 1.54) is 0 Å². The topological polar surface area (TPSA) is 56.1 Å². The van der Waals surface area contributed by atoms with Crippen molar-refractivity contribution in [3.8, 4) is 0 Å². The van der Waals surface area contributed by atoms with Crippen molar-refractivity contribution in [2.45, 2.75) is 44.4 Å². The van der Waals surface area contributed by atoms with Crippen molar-refractivity contribution in [3.05, 3.63) is 71.3 Å². The number of halogens is 3. The third kappa shape index (κ3) is 4.77. The Morgan fingerprint density at radius 3 is 2.48 bits per heavy atom. The van der Waals surface area contributed by atoms with E-state index in [2.05, 4.69) is 5.16 Å². The Morgan fingerprint density at radius 2 is 1.81 bits per heavy atom. The largest absolute Gasteiger partial charge is 0.418 e. The molecule has 2 aromatic rings. The van der Waals surface area contributed by atoms with E-state index in [1.807, 2.05) is 18.2 Å². The van der Waals surface area contributed by atoms with Crippen LogP contribution in [0.4, 0.5) is 18.9 Å². The molecule has 1 heterocycles. The zero-order chi connectivity index (χ0) is 22.9.